The highest BCUT2D eigenvalue weighted by Crippen LogP contribution is 2.17. The number of unbranched alkanes of at least 4 members (excludes halogenated alkanes) is 38. The van der Waals surface area contributed by atoms with Crippen LogP contribution in [0.3, 0.4) is 0 Å². The summed E-state index contributed by atoms with van der Waals surface area (Å²) in [5.74, 6) is -0.0709. The largest absolute Gasteiger partial charge is 0.394 e. The summed E-state index contributed by atoms with van der Waals surface area (Å²) in [5.41, 5.74) is 0. The van der Waals surface area contributed by atoms with Gasteiger partial charge in [0.25, 0.3) is 0 Å². The van der Waals surface area contributed by atoms with Gasteiger partial charge in [0.1, 0.15) is 0 Å². The first-order chi connectivity index (χ1) is 32.2. The van der Waals surface area contributed by atoms with Gasteiger partial charge in [-0.3, -0.25) is 4.79 Å². The van der Waals surface area contributed by atoms with E-state index in [1.54, 1.807) is 6.08 Å². The normalized spacial score (nSPS) is 13.2. The Bertz CT molecular complexity index is 1070. The zero-order valence-electron chi connectivity index (χ0n) is 43.8. The van der Waals surface area contributed by atoms with Crippen LogP contribution in [0.25, 0.3) is 0 Å². The van der Waals surface area contributed by atoms with E-state index in [1.165, 1.54) is 231 Å². The maximum atomic E-state index is 12.5. The lowest BCUT2D eigenvalue weighted by atomic mass is 10.0. The van der Waals surface area contributed by atoms with Gasteiger partial charge < -0.3 is 15.5 Å². The van der Waals surface area contributed by atoms with E-state index >= 15 is 0 Å². The van der Waals surface area contributed by atoms with Crippen molar-refractivity contribution in [2.75, 3.05) is 6.61 Å². The number of carbonyl (C=O) groups excluding carboxylic acids is 1. The molecule has 0 aromatic rings. The van der Waals surface area contributed by atoms with Crippen LogP contribution in [-0.4, -0.2) is 34.9 Å². The Morgan fingerprint density at radius 1 is 0.385 bits per heavy atom. The van der Waals surface area contributed by atoms with E-state index < -0.39 is 12.1 Å². The Balaban J connectivity index is 3.48. The van der Waals surface area contributed by atoms with Crippen LogP contribution < -0.4 is 5.32 Å². The van der Waals surface area contributed by atoms with Crippen LogP contribution in [0.2, 0.25) is 0 Å². The molecule has 2 unspecified atom stereocenters. The lowest BCUT2D eigenvalue weighted by Gasteiger charge is -2.20. The monoisotopic (exact) mass is 908 g/mol. The van der Waals surface area contributed by atoms with Crippen LogP contribution in [0.15, 0.2) is 60.8 Å². The Kier molecular flexibility index (Phi) is 54.8. The van der Waals surface area contributed by atoms with Crippen molar-refractivity contribution < 1.29 is 15.0 Å². The molecule has 0 aliphatic carbocycles. The van der Waals surface area contributed by atoms with Gasteiger partial charge in [0, 0.05) is 6.42 Å². The van der Waals surface area contributed by atoms with E-state index in [-0.39, 0.29) is 12.5 Å². The summed E-state index contributed by atoms with van der Waals surface area (Å²) in [5, 5.41) is 23.2. The standard InChI is InChI=1S/C61H113NO3/c1-3-5-7-9-11-13-15-17-19-21-23-25-26-27-28-29-30-31-32-33-34-35-37-38-40-42-44-46-48-50-52-54-56-60(64)59(58-63)62-61(65)57-55-53-51-49-47-45-43-41-39-36-24-22-20-18-16-14-12-10-8-6-4-2/h6,8,12,14,18,20,24,36,54,56,59-60,63-64H,3-5,7,9-11,13,15-17,19,21-23,25-35,37-53,55,57-58H2,1-2H3,(H,62,65)/b8-6-,14-12-,20-18-,36-24-,56-54+. The minimum absolute atomic E-state index is 0.0709. The van der Waals surface area contributed by atoms with Crippen molar-refractivity contribution >= 4 is 5.91 Å². The number of hydrogen-bond acceptors (Lipinski definition) is 3. The molecule has 0 saturated heterocycles. The smallest absolute Gasteiger partial charge is 0.220 e. The molecule has 2 atom stereocenters. The zero-order valence-corrected chi connectivity index (χ0v) is 43.8. The molecule has 0 bridgehead atoms. The molecule has 0 rings (SSSR count). The fourth-order valence-electron chi connectivity index (χ4n) is 8.88. The fraction of sp³-hybridized carbons (Fsp3) is 0.820. The van der Waals surface area contributed by atoms with E-state index in [1.807, 2.05) is 6.08 Å². The predicted molar refractivity (Wildman–Crippen MR) is 290 cm³/mol. The van der Waals surface area contributed by atoms with Crippen LogP contribution in [0, 0.1) is 0 Å². The molecule has 0 fully saturated rings. The first kappa shape index (κ1) is 63.1. The van der Waals surface area contributed by atoms with Gasteiger partial charge in [-0.05, 0) is 57.8 Å². The number of nitrogens with one attached hydrogen (secondary N) is 1. The van der Waals surface area contributed by atoms with Gasteiger partial charge in [0.05, 0.1) is 18.8 Å². The van der Waals surface area contributed by atoms with Gasteiger partial charge in [-0.2, -0.15) is 0 Å². The lowest BCUT2D eigenvalue weighted by Crippen LogP contribution is -2.45. The maximum Gasteiger partial charge on any atom is 0.220 e. The molecule has 3 N–H and O–H groups in total. The fourth-order valence-corrected chi connectivity index (χ4v) is 8.88. The van der Waals surface area contributed by atoms with E-state index in [0.29, 0.717) is 6.42 Å². The third-order valence-corrected chi connectivity index (χ3v) is 13.3. The molecule has 0 saturated carbocycles. The predicted octanol–water partition coefficient (Wildman–Crippen LogP) is 19.2. The summed E-state index contributed by atoms with van der Waals surface area (Å²) in [6, 6.07) is -0.631. The zero-order chi connectivity index (χ0) is 47.0. The molecular weight excluding hydrogens is 795 g/mol. The van der Waals surface area contributed by atoms with Crippen LogP contribution >= 0.6 is 0 Å². The average Bonchev–Trinajstić information content (AvgIpc) is 3.31. The Morgan fingerprint density at radius 3 is 1.02 bits per heavy atom. The second-order valence-electron chi connectivity index (χ2n) is 19.7. The molecule has 4 nitrogen and oxygen atoms in total. The van der Waals surface area contributed by atoms with Gasteiger partial charge in [-0.15, -0.1) is 0 Å². The molecular formula is C61H113NO3. The summed E-state index contributed by atoms with van der Waals surface area (Å²) in [4.78, 5) is 12.5. The van der Waals surface area contributed by atoms with Crippen molar-refractivity contribution in [1.29, 1.82) is 0 Å². The third kappa shape index (κ3) is 52.9. The Labute approximate surface area is 406 Å². The number of carbonyl (C=O) groups is 1. The molecule has 1 amide bonds. The molecule has 0 aliphatic rings. The van der Waals surface area contributed by atoms with Crippen molar-refractivity contribution in [3.05, 3.63) is 60.8 Å². The molecule has 0 aliphatic heterocycles. The van der Waals surface area contributed by atoms with E-state index in [2.05, 4.69) is 67.8 Å². The SMILES string of the molecule is CC/C=C\C/C=C\C/C=C\C/C=C\CCCCCCCCCCC(=O)NC(CO)C(O)/C=C/CCCCCCCCCCCCCCCCCCCCCCCCCCCCCCCC. The third-order valence-electron chi connectivity index (χ3n) is 13.3. The second kappa shape index (κ2) is 56.4. The van der Waals surface area contributed by atoms with Crippen LogP contribution in [0.1, 0.15) is 303 Å². The highest BCUT2D eigenvalue weighted by atomic mass is 16.3. The minimum Gasteiger partial charge on any atom is -0.394 e. The molecule has 0 aromatic heterocycles. The molecule has 0 aromatic carbocycles. The summed E-state index contributed by atoms with van der Waals surface area (Å²) < 4.78 is 0. The highest BCUT2D eigenvalue weighted by molar-refractivity contribution is 5.76. The molecule has 4 heteroatoms. The quantitative estimate of drug-likeness (QED) is 0.0421. The molecule has 0 radical (unpaired) electrons. The van der Waals surface area contributed by atoms with Crippen LogP contribution in [-0.2, 0) is 4.79 Å². The average molecular weight is 909 g/mol. The highest BCUT2D eigenvalue weighted by Gasteiger charge is 2.18. The number of hydrogen-bond donors (Lipinski definition) is 3. The maximum absolute atomic E-state index is 12.5. The van der Waals surface area contributed by atoms with Gasteiger partial charge in [-0.25, -0.2) is 0 Å². The topological polar surface area (TPSA) is 69.6 Å². The van der Waals surface area contributed by atoms with Crippen molar-refractivity contribution in [3.63, 3.8) is 0 Å². The minimum atomic E-state index is -0.847. The number of amides is 1. The van der Waals surface area contributed by atoms with Gasteiger partial charge in [-0.1, -0.05) is 299 Å². The number of allylic oxidation sites excluding steroid dienone is 9. The summed E-state index contributed by atoms with van der Waals surface area (Å²) in [6.45, 7) is 4.22. The van der Waals surface area contributed by atoms with Gasteiger partial charge >= 0.3 is 0 Å². The Hall–Kier alpha value is -1.91. The van der Waals surface area contributed by atoms with Crippen molar-refractivity contribution in [2.45, 2.75) is 315 Å². The lowest BCUT2D eigenvalue weighted by molar-refractivity contribution is -0.123. The number of rotatable bonds is 53. The molecule has 0 heterocycles. The molecule has 380 valence electrons. The van der Waals surface area contributed by atoms with Crippen molar-refractivity contribution in [1.82, 2.24) is 5.32 Å². The summed E-state index contributed by atoms with van der Waals surface area (Å²) >= 11 is 0. The number of aliphatic hydroxyl groups is 2. The van der Waals surface area contributed by atoms with Crippen molar-refractivity contribution in [2.24, 2.45) is 0 Å². The van der Waals surface area contributed by atoms with Crippen molar-refractivity contribution in [3.8, 4) is 0 Å². The van der Waals surface area contributed by atoms with Crippen LogP contribution in [0.5, 0.6) is 0 Å². The number of aliphatic hydroxyl groups excluding tert-OH is 2. The van der Waals surface area contributed by atoms with Crippen LogP contribution in [0.4, 0.5) is 0 Å². The first-order valence-corrected chi connectivity index (χ1v) is 29.0. The molecule has 0 spiro atoms. The van der Waals surface area contributed by atoms with Gasteiger partial charge in [0.15, 0.2) is 0 Å². The summed E-state index contributed by atoms with van der Waals surface area (Å²) in [7, 11) is 0. The second-order valence-corrected chi connectivity index (χ2v) is 19.7. The Morgan fingerprint density at radius 2 is 0.677 bits per heavy atom. The van der Waals surface area contributed by atoms with Gasteiger partial charge in [0.2, 0.25) is 5.91 Å². The molecule has 65 heavy (non-hydrogen) atoms. The summed E-state index contributed by atoms with van der Waals surface area (Å²) in [6.07, 6.45) is 79.7. The van der Waals surface area contributed by atoms with E-state index in [9.17, 15) is 15.0 Å². The van der Waals surface area contributed by atoms with E-state index in [0.717, 1.165) is 51.4 Å². The van der Waals surface area contributed by atoms with E-state index in [4.69, 9.17) is 0 Å². The first-order valence-electron chi connectivity index (χ1n) is 29.0.